The molecule has 16 nitrogen and oxygen atoms in total. The lowest BCUT2D eigenvalue weighted by Gasteiger charge is -2.36. The number of hydrogen-bond acceptors (Lipinski definition) is 13. The van der Waals surface area contributed by atoms with Gasteiger partial charge in [0.25, 0.3) is 5.91 Å². The number of amides is 4. The van der Waals surface area contributed by atoms with Crippen molar-refractivity contribution in [3.8, 4) is 5.75 Å². The lowest BCUT2D eigenvalue weighted by molar-refractivity contribution is -0.137. The van der Waals surface area contributed by atoms with Gasteiger partial charge in [0.05, 0.1) is 58.9 Å². The summed E-state index contributed by atoms with van der Waals surface area (Å²) in [5.41, 5.74) is 7.14. The fourth-order valence-electron chi connectivity index (χ4n) is 8.48. The van der Waals surface area contributed by atoms with E-state index < -0.39 is 19.1 Å². The fraction of sp³-hybridized carbons (Fsp3) is 0.458. The molecular weight excluding hydrogens is 850 g/mol. The maximum Gasteiger partial charge on any atom is 0.255 e. The van der Waals surface area contributed by atoms with Gasteiger partial charge in [-0.25, -0.2) is 9.97 Å². The van der Waals surface area contributed by atoms with E-state index >= 15 is 0 Å². The first kappa shape index (κ1) is 47.3. The highest BCUT2D eigenvalue weighted by Crippen LogP contribution is 2.37. The molecule has 2 saturated heterocycles. The minimum absolute atomic E-state index is 0.0681. The zero-order valence-electron chi connectivity index (χ0n) is 37.8. The maximum absolute atomic E-state index is 13.1. The Bertz CT molecular complexity index is 2400. The minimum atomic E-state index is -2.45. The van der Waals surface area contributed by atoms with Crippen LogP contribution in [0.2, 0.25) is 0 Å². The summed E-state index contributed by atoms with van der Waals surface area (Å²) in [7, 11) is -0.778. The summed E-state index contributed by atoms with van der Waals surface area (Å²) in [6.07, 6.45) is 3.78. The molecule has 346 valence electrons. The quantitative estimate of drug-likeness (QED) is 0.0691. The van der Waals surface area contributed by atoms with Crippen molar-refractivity contribution in [2.45, 2.75) is 51.6 Å². The molecule has 2 fully saturated rings. The number of carbonyl (C=O) groups is 4. The topological polar surface area (TPSA) is 182 Å². The number of ether oxygens (including phenoxy) is 4. The Morgan fingerprint density at radius 3 is 2.35 bits per heavy atom. The third-order valence-corrected chi connectivity index (χ3v) is 13.6. The van der Waals surface area contributed by atoms with E-state index in [2.05, 4.69) is 32.7 Å². The first-order chi connectivity index (χ1) is 31.4. The summed E-state index contributed by atoms with van der Waals surface area (Å²) in [5.74, 6) is 0.572. The summed E-state index contributed by atoms with van der Waals surface area (Å²) in [5, 5.41) is 6.55. The highest BCUT2D eigenvalue weighted by molar-refractivity contribution is 7.70. The summed E-state index contributed by atoms with van der Waals surface area (Å²) in [4.78, 5) is 65.3. The Labute approximate surface area is 380 Å². The summed E-state index contributed by atoms with van der Waals surface area (Å²) in [6.45, 7) is 11.4. The van der Waals surface area contributed by atoms with Crippen LogP contribution in [0.1, 0.15) is 63.4 Å². The molecule has 0 bridgehead atoms. The SMILES string of the molecule is COc1cc(N2CCN(C(=O)CCOCCOCCOCCNc3cccc4c3CN(C3CCC(=O)NC3=O)C4=O)CC2)ccc1Cc1ncc(C)c(Cc2ccccc2P(C)(C)=O)n1. The number of nitrogens with zero attached hydrogens (tertiary/aromatic N) is 5. The molecule has 4 heterocycles. The van der Waals surface area contributed by atoms with Gasteiger partial charge in [-0.15, -0.1) is 0 Å². The lowest BCUT2D eigenvalue weighted by atomic mass is 10.0. The van der Waals surface area contributed by atoms with Crippen molar-refractivity contribution in [1.29, 1.82) is 0 Å². The number of hydrogen-bond donors (Lipinski definition) is 2. The molecule has 7 rings (SSSR count). The molecule has 1 aromatic heterocycles. The molecule has 3 aliphatic heterocycles. The zero-order chi connectivity index (χ0) is 45.9. The van der Waals surface area contributed by atoms with Gasteiger partial charge in [0.2, 0.25) is 17.7 Å². The molecule has 0 saturated carbocycles. The Balaban J connectivity index is 0.752. The number of anilines is 2. The normalized spacial score (nSPS) is 16.5. The van der Waals surface area contributed by atoms with Gasteiger partial charge in [-0.05, 0) is 56.0 Å². The first-order valence-electron chi connectivity index (χ1n) is 22.3. The third kappa shape index (κ3) is 12.2. The fourth-order valence-corrected chi connectivity index (χ4v) is 9.77. The van der Waals surface area contributed by atoms with E-state index in [-0.39, 0.29) is 24.1 Å². The second-order valence-electron chi connectivity index (χ2n) is 16.9. The van der Waals surface area contributed by atoms with Crippen LogP contribution in [0.5, 0.6) is 5.75 Å². The standard InChI is InChI=1S/C48H60N7O9P/c1-33-31-50-44(51-40(33)28-35-8-5-6-11-43(35)65(3,4)60)29-34-12-13-36(30-42(34)61-2)53-18-20-54(21-19-53)46(57)16-22-62-24-26-64-27-25-63-23-17-49-39-10-7-9-37-38(39)32-55(48(37)59)41-14-15-45(56)52-47(41)58/h5-13,30-31,41,49H,14-29,32H2,1-4H3,(H,52,56,58). The zero-order valence-corrected chi connectivity index (χ0v) is 38.7. The monoisotopic (exact) mass is 909 g/mol. The van der Waals surface area contributed by atoms with E-state index in [1.807, 2.05) is 60.5 Å². The third-order valence-electron chi connectivity index (χ3n) is 12.0. The van der Waals surface area contributed by atoms with Gasteiger partial charge in [-0.3, -0.25) is 24.5 Å². The van der Waals surface area contributed by atoms with Crippen molar-refractivity contribution in [2.75, 3.05) is 103 Å². The molecule has 65 heavy (non-hydrogen) atoms. The number of imide groups is 1. The number of nitrogens with one attached hydrogen (secondary N) is 2. The van der Waals surface area contributed by atoms with E-state index in [4.69, 9.17) is 23.9 Å². The molecule has 2 N–H and O–H groups in total. The van der Waals surface area contributed by atoms with E-state index in [1.54, 1.807) is 26.5 Å². The number of aromatic nitrogens is 2. The molecule has 1 atom stereocenters. The highest BCUT2D eigenvalue weighted by Gasteiger charge is 2.40. The van der Waals surface area contributed by atoms with E-state index in [0.29, 0.717) is 116 Å². The van der Waals surface area contributed by atoms with Gasteiger partial charge in [-0.2, -0.15) is 0 Å². The van der Waals surface area contributed by atoms with Crippen LogP contribution in [0.4, 0.5) is 11.4 Å². The minimum Gasteiger partial charge on any atom is -0.496 e. The number of piperazine rings is 1. The van der Waals surface area contributed by atoms with Gasteiger partial charge in [0.15, 0.2) is 0 Å². The molecule has 17 heteroatoms. The molecule has 0 aliphatic carbocycles. The number of rotatable bonds is 21. The van der Waals surface area contributed by atoms with Crippen molar-refractivity contribution < 1.29 is 42.7 Å². The number of aryl methyl sites for hydroxylation is 1. The predicted octanol–water partition coefficient (Wildman–Crippen LogP) is 4.18. The average Bonchev–Trinajstić information content (AvgIpc) is 3.63. The Kier molecular flexibility index (Phi) is 16.0. The number of benzene rings is 3. The number of fused-ring (bicyclic) bond motifs is 1. The Morgan fingerprint density at radius 2 is 1.62 bits per heavy atom. The molecule has 3 aromatic carbocycles. The van der Waals surface area contributed by atoms with Crippen LogP contribution in [0.3, 0.4) is 0 Å². The number of methoxy groups -OCH3 is 1. The Hall–Kier alpha value is -5.67. The first-order valence-corrected chi connectivity index (χ1v) is 24.9. The van der Waals surface area contributed by atoms with Crippen molar-refractivity contribution in [3.63, 3.8) is 0 Å². The smallest absolute Gasteiger partial charge is 0.255 e. The van der Waals surface area contributed by atoms with E-state index in [1.165, 1.54) is 4.90 Å². The summed E-state index contributed by atoms with van der Waals surface area (Å²) in [6, 6.07) is 18.9. The number of carbonyl (C=O) groups excluding carboxylic acids is 4. The van der Waals surface area contributed by atoms with Crippen molar-refractivity contribution >= 4 is 47.4 Å². The Morgan fingerprint density at radius 1 is 0.877 bits per heavy atom. The number of piperidine rings is 1. The second-order valence-corrected chi connectivity index (χ2v) is 20.0. The highest BCUT2D eigenvalue weighted by atomic mass is 31.2. The van der Waals surface area contributed by atoms with E-state index in [0.717, 1.165) is 50.4 Å². The summed E-state index contributed by atoms with van der Waals surface area (Å²) < 4.78 is 35.8. The van der Waals surface area contributed by atoms with Gasteiger partial charge in [0, 0.05) is 104 Å². The average molecular weight is 910 g/mol. The molecule has 4 amide bonds. The van der Waals surface area contributed by atoms with Crippen molar-refractivity contribution in [3.05, 3.63) is 106 Å². The molecule has 1 unspecified atom stereocenters. The van der Waals surface area contributed by atoms with Gasteiger partial charge in [0.1, 0.15) is 24.8 Å². The van der Waals surface area contributed by atoms with Crippen molar-refractivity contribution in [1.82, 2.24) is 25.1 Å². The van der Waals surface area contributed by atoms with Crippen LogP contribution in [-0.4, -0.2) is 142 Å². The maximum atomic E-state index is 13.1. The summed E-state index contributed by atoms with van der Waals surface area (Å²) >= 11 is 0. The van der Waals surface area contributed by atoms with Gasteiger partial charge < -0.3 is 43.5 Å². The predicted molar refractivity (Wildman–Crippen MR) is 248 cm³/mol. The molecule has 0 spiro atoms. The van der Waals surface area contributed by atoms with Crippen LogP contribution >= 0.6 is 7.14 Å². The molecular formula is C48H60N7O9P. The van der Waals surface area contributed by atoms with Crippen LogP contribution in [0, 0.1) is 6.92 Å². The van der Waals surface area contributed by atoms with Crippen LogP contribution < -0.4 is 25.6 Å². The molecule has 0 radical (unpaired) electrons. The van der Waals surface area contributed by atoms with Crippen LogP contribution in [0.15, 0.2) is 66.9 Å². The van der Waals surface area contributed by atoms with Crippen LogP contribution in [0.25, 0.3) is 0 Å². The second kappa shape index (κ2) is 22.0. The largest absolute Gasteiger partial charge is 0.496 e. The molecule has 4 aromatic rings. The van der Waals surface area contributed by atoms with Gasteiger partial charge >= 0.3 is 0 Å². The van der Waals surface area contributed by atoms with E-state index in [9.17, 15) is 23.7 Å². The van der Waals surface area contributed by atoms with Gasteiger partial charge in [-0.1, -0.05) is 36.4 Å². The molecule has 3 aliphatic rings. The van der Waals surface area contributed by atoms with Crippen molar-refractivity contribution in [2.24, 2.45) is 0 Å². The lowest BCUT2D eigenvalue weighted by Crippen LogP contribution is -2.52. The van der Waals surface area contributed by atoms with Crippen LogP contribution in [-0.2, 0) is 52.5 Å².